The van der Waals surface area contributed by atoms with Gasteiger partial charge in [-0.3, -0.25) is 4.79 Å². The molecule has 2 aromatic carbocycles. The van der Waals surface area contributed by atoms with Gasteiger partial charge in [0.25, 0.3) is 0 Å². The van der Waals surface area contributed by atoms with Crippen LogP contribution in [0.1, 0.15) is 24.8 Å². The van der Waals surface area contributed by atoms with E-state index in [1.165, 1.54) is 0 Å². The molecule has 1 heterocycles. The Hall–Kier alpha value is -3.20. The van der Waals surface area contributed by atoms with Crippen molar-refractivity contribution in [3.63, 3.8) is 0 Å². The lowest BCUT2D eigenvalue weighted by molar-refractivity contribution is -0.131. The van der Waals surface area contributed by atoms with Gasteiger partial charge < -0.3 is 19.3 Å². The topological polar surface area (TPSA) is 65.8 Å². The van der Waals surface area contributed by atoms with Crippen LogP contribution in [-0.2, 0) is 4.79 Å². The van der Waals surface area contributed by atoms with Crippen molar-refractivity contribution >= 4 is 11.6 Å². The molecule has 0 bridgehead atoms. The van der Waals surface area contributed by atoms with Crippen molar-refractivity contribution in [3.05, 3.63) is 54.1 Å². The zero-order chi connectivity index (χ0) is 20.5. The van der Waals surface area contributed by atoms with Crippen molar-refractivity contribution in [2.75, 3.05) is 44.8 Å². The van der Waals surface area contributed by atoms with Crippen molar-refractivity contribution in [1.82, 2.24) is 4.90 Å². The first-order valence-corrected chi connectivity index (χ1v) is 10.00. The molecule has 1 aliphatic rings. The summed E-state index contributed by atoms with van der Waals surface area (Å²) in [4.78, 5) is 16.7. The maximum Gasteiger partial charge on any atom is 0.222 e. The van der Waals surface area contributed by atoms with E-state index in [4.69, 9.17) is 9.47 Å². The lowest BCUT2D eigenvalue weighted by atomic mass is 10.1. The van der Waals surface area contributed by atoms with Crippen LogP contribution in [0, 0.1) is 11.3 Å². The van der Waals surface area contributed by atoms with Gasteiger partial charge in [-0.05, 0) is 49.2 Å². The van der Waals surface area contributed by atoms with Crippen LogP contribution in [-0.4, -0.2) is 50.7 Å². The normalized spacial score (nSPS) is 14.1. The average molecular weight is 393 g/mol. The number of methoxy groups -OCH3 is 1. The first-order chi connectivity index (χ1) is 14.2. The lowest BCUT2D eigenvalue weighted by Crippen LogP contribution is -2.35. The van der Waals surface area contributed by atoms with Crippen LogP contribution >= 0.6 is 0 Å². The highest BCUT2D eigenvalue weighted by Gasteiger charge is 2.20. The van der Waals surface area contributed by atoms with Gasteiger partial charge in [0.1, 0.15) is 17.6 Å². The summed E-state index contributed by atoms with van der Waals surface area (Å²) >= 11 is 0. The maximum absolute atomic E-state index is 12.6. The van der Waals surface area contributed by atoms with E-state index in [0.29, 0.717) is 31.6 Å². The Morgan fingerprint density at radius 1 is 1.03 bits per heavy atom. The van der Waals surface area contributed by atoms with E-state index >= 15 is 0 Å². The van der Waals surface area contributed by atoms with Gasteiger partial charge in [0.15, 0.2) is 0 Å². The fourth-order valence-electron chi connectivity index (χ4n) is 3.50. The predicted molar refractivity (Wildman–Crippen MR) is 112 cm³/mol. The Bertz CT molecular complexity index is 845. The lowest BCUT2D eigenvalue weighted by Gasteiger charge is -2.24. The summed E-state index contributed by atoms with van der Waals surface area (Å²) in [6.45, 7) is 3.53. The molecule has 6 heteroatoms. The van der Waals surface area contributed by atoms with Gasteiger partial charge in [0.05, 0.1) is 25.0 Å². The van der Waals surface area contributed by atoms with Crippen LogP contribution in [0.3, 0.4) is 0 Å². The van der Waals surface area contributed by atoms with Crippen LogP contribution in [0.15, 0.2) is 48.5 Å². The van der Waals surface area contributed by atoms with E-state index in [9.17, 15) is 10.1 Å². The van der Waals surface area contributed by atoms with Crippen molar-refractivity contribution in [3.8, 4) is 17.6 Å². The molecule has 0 radical (unpaired) electrons. The molecule has 1 aliphatic heterocycles. The minimum Gasteiger partial charge on any atom is -0.497 e. The summed E-state index contributed by atoms with van der Waals surface area (Å²) in [6.07, 6.45) is 2.06. The largest absolute Gasteiger partial charge is 0.497 e. The maximum atomic E-state index is 12.6. The van der Waals surface area contributed by atoms with Gasteiger partial charge in [-0.25, -0.2) is 0 Å². The molecular weight excluding hydrogens is 366 g/mol. The van der Waals surface area contributed by atoms with E-state index in [-0.39, 0.29) is 5.91 Å². The molecule has 1 saturated heterocycles. The molecule has 0 aliphatic carbocycles. The Morgan fingerprint density at radius 2 is 1.79 bits per heavy atom. The molecule has 0 aromatic heterocycles. The van der Waals surface area contributed by atoms with Crippen LogP contribution < -0.4 is 14.4 Å². The van der Waals surface area contributed by atoms with Gasteiger partial charge in [-0.2, -0.15) is 5.26 Å². The summed E-state index contributed by atoms with van der Waals surface area (Å²) in [5, 5.41) is 9.33. The second-order valence-corrected chi connectivity index (χ2v) is 6.98. The number of ether oxygens (including phenoxy) is 2. The van der Waals surface area contributed by atoms with Gasteiger partial charge in [0, 0.05) is 32.6 Å². The van der Waals surface area contributed by atoms with Crippen molar-refractivity contribution < 1.29 is 14.3 Å². The third-order valence-electron chi connectivity index (χ3n) is 5.08. The fraction of sp³-hybridized carbons (Fsp3) is 0.391. The van der Waals surface area contributed by atoms with Crippen LogP contribution in [0.4, 0.5) is 5.69 Å². The van der Waals surface area contributed by atoms with Crippen LogP contribution in [0.5, 0.6) is 11.5 Å². The zero-order valence-corrected chi connectivity index (χ0v) is 16.8. The molecule has 1 amide bonds. The monoisotopic (exact) mass is 393 g/mol. The number of nitriles is 1. The minimum absolute atomic E-state index is 0.166. The predicted octanol–water partition coefficient (Wildman–Crippen LogP) is 3.46. The van der Waals surface area contributed by atoms with Gasteiger partial charge in [0.2, 0.25) is 5.91 Å². The molecule has 0 unspecified atom stereocenters. The number of hydrogen-bond acceptors (Lipinski definition) is 5. The first kappa shape index (κ1) is 20.5. The summed E-state index contributed by atoms with van der Waals surface area (Å²) < 4.78 is 10.8. The summed E-state index contributed by atoms with van der Waals surface area (Å²) in [5.41, 5.74) is 1.64. The Balaban J connectivity index is 1.44. The standard InChI is InChI=1S/C23H27N3O3/c1-28-20-9-11-21(12-10-20)29-17-4-8-23(27)26-14-5-13-25(15-16-26)22-7-3-2-6-19(22)18-24/h2-3,6-7,9-12H,4-5,8,13-17H2,1H3. The average Bonchev–Trinajstić information content (AvgIpc) is 3.03. The quantitative estimate of drug-likeness (QED) is 0.674. The number of para-hydroxylation sites is 1. The van der Waals surface area contributed by atoms with Crippen molar-refractivity contribution in [2.24, 2.45) is 0 Å². The molecule has 6 nitrogen and oxygen atoms in total. The fourth-order valence-corrected chi connectivity index (χ4v) is 3.50. The number of amides is 1. The Labute approximate surface area is 172 Å². The number of carbonyl (C=O) groups is 1. The molecule has 0 atom stereocenters. The molecule has 0 spiro atoms. The molecular formula is C23H27N3O3. The molecule has 29 heavy (non-hydrogen) atoms. The molecule has 0 N–H and O–H groups in total. The van der Waals surface area contributed by atoms with Gasteiger partial charge >= 0.3 is 0 Å². The zero-order valence-electron chi connectivity index (χ0n) is 16.8. The highest BCUT2D eigenvalue weighted by Crippen LogP contribution is 2.21. The van der Waals surface area contributed by atoms with E-state index in [0.717, 1.165) is 43.2 Å². The van der Waals surface area contributed by atoms with Gasteiger partial charge in [-0.15, -0.1) is 0 Å². The molecule has 152 valence electrons. The van der Waals surface area contributed by atoms with E-state index in [2.05, 4.69) is 11.0 Å². The van der Waals surface area contributed by atoms with E-state index in [1.807, 2.05) is 53.4 Å². The number of nitrogens with zero attached hydrogens (tertiary/aromatic N) is 3. The van der Waals surface area contributed by atoms with E-state index < -0.39 is 0 Å². The number of benzene rings is 2. The van der Waals surface area contributed by atoms with E-state index in [1.54, 1.807) is 7.11 Å². The SMILES string of the molecule is COc1ccc(OCCCC(=O)N2CCCN(c3ccccc3C#N)CC2)cc1. The van der Waals surface area contributed by atoms with Crippen molar-refractivity contribution in [1.29, 1.82) is 5.26 Å². The second kappa shape index (κ2) is 10.4. The van der Waals surface area contributed by atoms with Crippen molar-refractivity contribution in [2.45, 2.75) is 19.3 Å². The number of hydrogen-bond donors (Lipinski definition) is 0. The van der Waals surface area contributed by atoms with Crippen LogP contribution in [0.2, 0.25) is 0 Å². The number of carbonyl (C=O) groups excluding carboxylic acids is 1. The molecule has 2 aromatic rings. The third-order valence-corrected chi connectivity index (χ3v) is 5.08. The first-order valence-electron chi connectivity index (χ1n) is 10.00. The molecule has 0 saturated carbocycles. The minimum atomic E-state index is 0.166. The van der Waals surface area contributed by atoms with Gasteiger partial charge in [-0.1, -0.05) is 12.1 Å². The summed E-state index contributed by atoms with van der Waals surface area (Å²) in [5.74, 6) is 1.73. The number of anilines is 1. The highest BCUT2D eigenvalue weighted by atomic mass is 16.5. The van der Waals surface area contributed by atoms with Crippen LogP contribution in [0.25, 0.3) is 0 Å². The Morgan fingerprint density at radius 3 is 2.55 bits per heavy atom. The number of rotatable bonds is 7. The molecule has 1 fully saturated rings. The highest BCUT2D eigenvalue weighted by molar-refractivity contribution is 5.76. The second-order valence-electron chi connectivity index (χ2n) is 6.98. The summed E-state index contributed by atoms with van der Waals surface area (Å²) in [6, 6.07) is 17.3. The summed E-state index contributed by atoms with van der Waals surface area (Å²) in [7, 11) is 1.63. The third kappa shape index (κ3) is 5.64. The smallest absolute Gasteiger partial charge is 0.222 e. The molecule has 3 rings (SSSR count). The Kier molecular flexibility index (Phi) is 7.34.